The molecule has 0 aliphatic carbocycles. The number of allylic oxidation sites excluding steroid dienone is 1. The van der Waals surface area contributed by atoms with Gasteiger partial charge in [0, 0.05) is 32.7 Å². The molecule has 7 aromatic carbocycles. The molecular formula is C47H32N2O2. The average molecular weight is 657 g/mol. The van der Waals surface area contributed by atoms with E-state index in [1.54, 1.807) is 0 Å². The van der Waals surface area contributed by atoms with Gasteiger partial charge in [-0.05, 0) is 77.6 Å². The highest BCUT2D eigenvalue weighted by molar-refractivity contribution is 6.23. The number of amidine groups is 1. The highest BCUT2D eigenvalue weighted by Gasteiger charge is 2.22. The van der Waals surface area contributed by atoms with Crippen LogP contribution in [-0.4, -0.2) is 11.5 Å². The maximum Gasteiger partial charge on any atom is 0.163 e. The summed E-state index contributed by atoms with van der Waals surface area (Å²) in [4.78, 5) is 10.9. The van der Waals surface area contributed by atoms with E-state index in [0.717, 1.165) is 84.8 Å². The number of para-hydroxylation sites is 4. The summed E-state index contributed by atoms with van der Waals surface area (Å²) in [5, 5.41) is 6.79. The third kappa shape index (κ3) is 4.99. The molecule has 0 spiro atoms. The number of hydrogen-bond donors (Lipinski definition) is 0. The lowest BCUT2D eigenvalue weighted by Gasteiger charge is -2.17. The van der Waals surface area contributed by atoms with E-state index in [0.29, 0.717) is 5.84 Å². The Bertz CT molecular complexity index is 2920. The lowest BCUT2D eigenvalue weighted by Crippen LogP contribution is -2.11. The molecule has 0 bridgehead atoms. The third-order valence-electron chi connectivity index (χ3n) is 10.2. The Balaban J connectivity index is 1.15. The van der Waals surface area contributed by atoms with E-state index in [2.05, 4.69) is 128 Å². The summed E-state index contributed by atoms with van der Waals surface area (Å²) in [5.41, 5.74) is 11.7. The number of nitrogens with zero attached hydrogens (tertiary/aromatic N) is 2. The van der Waals surface area contributed by atoms with Crippen LogP contribution in [0.1, 0.15) is 36.5 Å². The predicted octanol–water partition coefficient (Wildman–Crippen LogP) is 12.8. The molecule has 1 aliphatic rings. The lowest BCUT2D eigenvalue weighted by molar-refractivity contribution is 0.668. The summed E-state index contributed by atoms with van der Waals surface area (Å²) in [7, 11) is 0. The van der Waals surface area contributed by atoms with Crippen LogP contribution in [0.15, 0.2) is 176 Å². The van der Waals surface area contributed by atoms with Gasteiger partial charge >= 0.3 is 0 Å². The highest BCUT2D eigenvalue weighted by Crippen LogP contribution is 2.36. The topological polar surface area (TPSA) is 51.0 Å². The largest absolute Gasteiger partial charge is 0.455 e. The van der Waals surface area contributed by atoms with Crippen molar-refractivity contribution in [2.24, 2.45) is 9.98 Å². The van der Waals surface area contributed by atoms with Crippen molar-refractivity contribution in [3.8, 4) is 11.1 Å². The summed E-state index contributed by atoms with van der Waals surface area (Å²) in [6, 6.07) is 52.9. The van der Waals surface area contributed by atoms with Crippen LogP contribution in [0.3, 0.4) is 0 Å². The molecule has 0 radical (unpaired) electrons. The van der Waals surface area contributed by atoms with Crippen molar-refractivity contribution in [1.82, 2.24) is 0 Å². The Morgan fingerprint density at radius 3 is 1.75 bits per heavy atom. The Morgan fingerprint density at radius 1 is 0.451 bits per heavy atom. The SMILES string of the molecule is C/C1=C(c2ccc(-c3ccc4ccccc4c3)cc2)/N=C(c2cccc3c2oc2ccccc23)\N=C(\c2cccc3c2oc2ccccc23)CC1. The van der Waals surface area contributed by atoms with Crippen molar-refractivity contribution >= 4 is 71.9 Å². The Labute approximate surface area is 294 Å². The molecule has 2 aromatic heterocycles. The Morgan fingerprint density at radius 2 is 1.02 bits per heavy atom. The van der Waals surface area contributed by atoms with Crippen LogP contribution in [-0.2, 0) is 0 Å². The summed E-state index contributed by atoms with van der Waals surface area (Å²) >= 11 is 0. The van der Waals surface area contributed by atoms with Gasteiger partial charge in [-0.2, -0.15) is 0 Å². The minimum absolute atomic E-state index is 0.621. The molecule has 4 nitrogen and oxygen atoms in total. The van der Waals surface area contributed by atoms with Crippen molar-refractivity contribution < 1.29 is 8.83 Å². The Hall–Kier alpha value is -6.52. The number of fused-ring (bicyclic) bond motifs is 7. The first kappa shape index (κ1) is 29.4. The molecule has 4 heteroatoms. The van der Waals surface area contributed by atoms with Crippen LogP contribution in [0.4, 0.5) is 0 Å². The monoisotopic (exact) mass is 656 g/mol. The minimum Gasteiger partial charge on any atom is -0.455 e. The van der Waals surface area contributed by atoms with Crippen LogP contribution < -0.4 is 0 Å². The zero-order valence-corrected chi connectivity index (χ0v) is 28.1. The van der Waals surface area contributed by atoms with Gasteiger partial charge in [0.15, 0.2) is 5.84 Å². The van der Waals surface area contributed by atoms with Gasteiger partial charge in [0.1, 0.15) is 22.3 Å². The van der Waals surface area contributed by atoms with E-state index in [4.69, 9.17) is 18.8 Å². The second-order valence-electron chi connectivity index (χ2n) is 13.3. The van der Waals surface area contributed by atoms with Gasteiger partial charge in [-0.25, -0.2) is 9.98 Å². The zero-order chi connectivity index (χ0) is 33.9. The molecule has 3 heterocycles. The normalized spacial score (nSPS) is 17.4. The van der Waals surface area contributed by atoms with E-state index in [9.17, 15) is 0 Å². The van der Waals surface area contributed by atoms with E-state index >= 15 is 0 Å². The molecule has 0 fully saturated rings. The van der Waals surface area contributed by atoms with Crippen molar-refractivity contribution in [3.05, 3.63) is 174 Å². The van der Waals surface area contributed by atoms with Gasteiger partial charge in [-0.15, -0.1) is 0 Å². The number of benzene rings is 7. The predicted molar refractivity (Wildman–Crippen MR) is 212 cm³/mol. The van der Waals surface area contributed by atoms with Gasteiger partial charge in [0.2, 0.25) is 0 Å². The molecule has 0 saturated heterocycles. The van der Waals surface area contributed by atoms with E-state index in [1.807, 2.05) is 30.3 Å². The van der Waals surface area contributed by atoms with Crippen LogP contribution in [0.5, 0.6) is 0 Å². The fourth-order valence-corrected chi connectivity index (χ4v) is 7.55. The minimum atomic E-state index is 0.621. The second-order valence-corrected chi connectivity index (χ2v) is 13.3. The molecule has 0 atom stereocenters. The molecule has 51 heavy (non-hydrogen) atoms. The van der Waals surface area contributed by atoms with Gasteiger partial charge < -0.3 is 8.83 Å². The van der Waals surface area contributed by atoms with Crippen LogP contribution in [0, 0.1) is 0 Å². The van der Waals surface area contributed by atoms with Crippen LogP contribution in [0.25, 0.3) is 71.5 Å². The van der Waals surface area contributed by atoms with Crippen LogP contribution >= 0.6 is 0 Å². The molecule has 9 aromatic rings. The standard InChI is InChI=1S/C47H32N2O2/c1-29-20-27-41(39-16-8-14-37-35-12-4-6-18-42(35)50-45(37)39)48-47(40-17-9-15-38-36-13-5-7-19-43(36)51-46(38)40)49-44(29)32-24-21-31(22-25-32)34-26-23-30-10-2-3-11-33(30)28-34/h2-19,21-26,28H,20,27H2,1H3/b44-29-,48-41+,49-47-. The summed E-state index contributed by atoms with van der Waals surface area (Å²) in [6.45, 7) is 2.19. The summed E-state index contributed by atoms with van der Waals surface area (Å²) < 4.78 is 13.0. The number of furan rings is 2. The maximum atomic E-state index is 6.54. The first-order valence-electron chi connectivity index (χ1n) is 17.4. The number of hydrogen-bond acceptors (Lipinski definition) is 4. The molecule has 0 N–H and O–H groups in total. The molecule has 0 unspecified atom stereocenters. The van der Waals surface area contributed by atoms with Gasteiger partial charge in [-0.1, -0.05) is 121 Å². The third-order valence-corrected chi connectivity index (χ3v) is 10.2. The number of aliphatic imine (C=N–C) groups is 2. The van der Waals surface area contributed by atoms with Crippen molar-refractivity contribution in [2.45, 2.75) is 19.8 Å². The smallest absolute Gasteiger partial charge is 0.163 e. The van der Waals surface area contributed by atoms with Crippen LogP contribution in [0.2, 0.25) is 0 Å². The first-order chi connectivity index (χ1) is 25.2. The fourth-order valence-electron chi connectivity index (χ4n) is 7.55. The van der Waals surface area contributed by atoms with Crippen molar-refractivity contribution in [3.63, 3.8) is 0 Å². The molecule has 10 rings (SSSR count). The molecular weight excluding hydrogens is 625 g/mol. The Kier molecular flexibility index (Phi) is 6.81. The quantitative estimate of drug-likeness (QED) is 0.189. The average Bonchev–Trinajstić information content (AvgIpc) is 3.76. The van der Waals surface area contributed by atoms with Crippen molar-refractivity contribution in [1.29, 1.82) is 0 Å². The van der Waals surface area contributed by atoms with Gasteiger partial charge in [0.25, 0.3) is 0 Å². The van der Waals surface area contributed by atoms with E-state index in [1.165, 1.54) is 27.5 Å². The second kappa shape index (κ2) is 11.8. The van der Waals surface area contributed by atoms with E-state index in [-0.39, 0.29) is 0 Å². The molecule has 242 valence electrons. The summed E-state index contributed by atoms with van der Waals surface area (Å²) in [6.07, 6.45) is 1.54. The highest BCUT2D eigenvalue weighted by atomic mass is 16.3. The number of rotatable bonds is 4. The van der Waals surface area contributed by atoms with Gasteiger partial charge in [-0.3, -0.25) is 0 Å². The van der Waals surface area contributed by atoms with Crippen molar-refractivity contribution in [2.75, 3.05) is 0 Å². The van der Waals surface area contributed by atoms with Gasteiger partial charge in [0.05, 0.1) is 17.0 Å². The lowest BCUT2D eigenvalue weighted by atomic mass is 9.95. The maximum absolute atomic E-state index is 6.54. The molecule has 0 saturated carbocycles. The zero-order valence-electron chi connectivity index (χ0n) is 28.1. The fraction of sp³-hybridized carbons (Fsp3) is 0.0638. The first-order valence-corrected chi connectivity index (χ1v) is 17.4. The van der Waals surface area contributed by atoms with E-state index < -0.39 is 0 Å². The molecule has 1 aliphatic heterocycles. The summed E-state index contributed by atoms with van der Waals surface area (Å²) in [5.74, 6) is 0.621. The molecule has 0 amide bonds.